The molecule has 0 aromatic rings. The lowest BCUT2D eigenvalue weighted by Crippen LogP contribution is -2.48. The molecule has 1 saturated carbocycles. The Hall–Kier alpha value is -1.68. The molecule has 0 spiro atoms. The second kappa shape index (κ2) is 8.11. The first-order valence-electron chi connectivity index (χ1n) is 11.5. The third kappa shape index (κ3) is 4.08. The van der Waals surface area contributed by atoms with Gasteiger partial charge in [0.1, 0.15) is 0 Å². The van der Waals surface area contributed by atoms with Crippen LogP contribution in [0.2, 0.25) is 0 Å². The third-order valence-corrected chi connectivity index (χ3v) is 7.64. The Labute approximate surface area is 181 Å². The molecule has 0 radical (unpaired) electrons. The molecule has 30 heavy (non-hydrogen) atoms. The minimum Gasteiger partial charge on any atom is -0.367 e. The van der Waals surface area contributed by atoms with Crippen molar-refractivity contribution in [3.8, 4) is 0 Å². The lowest BCUT2D eigenvalue weighted by atomic mass is 9.52. The van der Waals surface area contributed by atoms with E-state index in [0.717, 1.165) is 19.3 Å². The highest BCUT2D eigenvalue weighted by Crippen LogP contribution is 2.56. The molecule has 4 heteroatoms. The molecule has 0 bridgehead atoms. The van der Waals surface area contributed by atoms with Gasteiger partial charge in [-0.25, -0.2) is 0 Å². The number of carbonyl (C=O) groups excluding carboxylic acids is 2. The van der Waals surface area contributed by atoms with Crippen LogP contribution >= 0.6 is 0 Å². The fourth-order valence-corrected chi connectivity index (χ4v) is 6.53. The third-order valence-electron chi connectivity index (χ3n) is 7.64. The summed E-state index contributed by atoms with van der Waals surface area (Å²) in [6.07, 6.45) is 9.58. The van der Waals surface area contributed by atoms with Crippen LogP contribution in [0.15, 0.2) is 34.9 Å². The highest BCUT2D eigenvalue weighted by Gasteiger charge is 2.52. The van der Waals surface area contributed by atoms with Crippen LogP contribution in [0.25, 0.3) is 0 Å². The number of carbonyl (C=O) groups is 2. The summed E-state index contributed by atoms with van der Waals surface area (Å²) in [4.78, 5) is 26.7. The SMILES string of the molecule is C/C=C(\C)[C@@H]1C(C)=C[C@]2(C)C[C@H](C)CC[C@H]2[C@@H]1C(=O)C1=C[C@@](O)(CC(C)C)NC1=O. The van der Waals surface area contributed by atoms with Crippen LogP contribution in [0.3, 0.4) is 0 Å². The Morgan fingerprint density at radius 3 is 2.60 bits per heavy atom. The zero-order valence-electron chi connectivity index (χ0n) is 19.7. The summed E-state index contributed by atoms with van der Waals surface area (Å²) in [6.45, 7) is 14.8. The summed E-state index contributed by atoms with van der Waals surface area (Å²) in [5, 5.41) is 13.5. The van der Waals surface area contributed by atoms with Crippen LogP contribution in [-0.2, 0) is 9.59 Å². The van der Waals surface area contributed by atoms with Gasteiger partial charge in [-0.3, -0.25) is 9.59 Å². The molecule has 3 rings (SSSR count). The molecule has 1 amide bonds. The second-order valence-corrected chi connectivity index (χ2v) is 10.8. The summed E-state index contributed by atoms with van der Waals surface area (Å²) < 4.78 is 0. The van der Waals surface area contributed by atoms with E-state index >= 15 is 0 Å². The van der Waals surface area contributed by atoms with Crippen LogP contribution in [0, 0.1) is 35.0 Å². The number of nitrogens with one attached hydrogen (secondary N) is 1. The van der Waals surface area contributed by atoms with Gasteiger partial charge in [0.25, 0.3) is 5.91 Å². The van der Waals surface area contributed by atoms with E-state index in [4.69, 9.17) is 0 Å². The molecule has 0 aromatic carbocycles. The van der Waals surface area contributed by atoms with Gasteiger partial charge >= 0.3 is 0 Å². The first-order valence-corrected chi connectivity index (χ1v) is 11.5. The first kappa shape index (κ1) is 23.0. The van der Waals surface area contributed by atoms with Crippen molar-refractivity contribution in [2.24, 2.45) is 35.0 Å². The van der Waals surface area contributed by atoms with Crippen LogP contribution < -0.4 is 5.32 Å². The summed E-state index contributed by atoms with van der Waals surface area (Å²) >= 11 is 0. The second-order valence-electron chi connectivity index (χ2n) is 10.8. The normalized spacial score (nSPS) is 39.4. The number of hydrogen-bond donors (Lipinski definition) is 2. The van der Waals surface area contributed by atoms with Gasteiger partial charge in [0.05, 0.1) is 5.57 Å². The van der Waals surface area contributed by atoms with E-state index in [9.17, 15) is 14.7 Å². The lowest BCUT2D eigenvalue weighted by Gasteiger charge is -2.52. The quantitative estimate of drug-likeness (QED) is 0.495. The summed E-state index contributed by atoms with van der Waals surface area (Å²) in [5.74, 6) is 0.258. The van der Waals surface area contributed by atoms with E-state index in [0.29, 0.717) is 12.3 Å². The molecule has 2 N–H and O–H groups in total. The van der Waals surface area contributed by atoms with Gasteiger partial charge in [-0.15, -0.1) is 0 Å². The zero-order valence-corrected chi connectivity index (χ0v) is 19.7. The average Bonchev–Trinajstić information content (AvgIpc) is 2.91. The minimum atomic E-state index is -1.43. The molecule has 0 unspecified atom stereocenters. The molecule has 3 aliphatic rings. The summed E-state index contributed by atoms with van der Waals surface area (Å²) in [7, 11) is 0. The van der Waals surface area contributed by atoms with E-state index in [-0.39, 0.29) is 40.4 Å². The molecule has 166 valence electrons. The lowest BCUT2D eigenvalue weighted by molar-refractivity contribution is -0.129. The van der Waals surface area contributed by atoms with E-state index in [2.05, 4.69) is 45.2 Å². The maximum absolute atomic E-state index is 13.9. The number of allylic oxidation sites excluding steroid dienone is 4. The number of ketones is 1. The maximum Gasteiger partial charge on any atom is 0.257 e. The molecule has 1 fully saturated rings. The number of rotatable bonds is 5. The highest BCUT2D eigenvalue weighted by atomic mass is 16.3. The van der Waals surface area contributed by atoms with Gasteiger partial charge < -0.3 is 10.4 Å². The van der Waals surface area contributed by atoms with Gasteiger partial charge in [-0.05, 0) is 62.9 Å². The average molecular weight is 414 g/mol. The standard InChI is InChI=1S/C26H39NO3/c1-8-17(5)21-18(6)13-25(7)12-16(4)9-10-20(25)22(21)23(28)19-14-26(30,11-15(2)3)27-24(19)29/h8,13-16,20-22,30H,9-12H2,1-7H3,(H,27,29)/b17-8+/t16-,20+,21-,22+,25+,26+/m1/s1. The smallest absolute Gasteiger partial charge is 0.257 e. The molecule has 1 heterocycles. The monoisotopic (exact) mass is 413 g/mol. The van der Waals surface area contributed by atoms with Crippen molar-refractivity contribution in [2.45, 2.75) is 79.9 Å². The fraction of sp³-hybridized carbons (Fsp3) is 0.692. The molecule has 0 aromatic heterocycles. The van der Waals surface area contributed by atoms with Crippen LogP contribution in [-0.4, -0.2) is 22.5 Å². The van der Waals surface area contributed by atoms with Crippen molar-refractivity contribution in [1.29, 1.82) is 0 Å². The summed E-state index contributed by atoms with van der Waals surface area (Å²) in [5.41, 5.74) is 1.10. The number of fused-ring (bicyclic) bond motifs is 1. The summed E-state index contributed by atoms with van der Waals surface area (Å²) in [6, 6.07) is 0. The molecule has 1 aliphatic heterocycles. The van der Waals surface area contributed by atoms with Gasteiger partial charge in [0, 0.05) is 18.3 Å². The number of Topliss-reactive ketones (excluding diaryl/α,β-unsaturated/α-hetero) is 1. The Morgan fingerprint density at radius 2 is 2.00 bits per heavy atom. The molecule has 2 aliphatic carbocycles. The number of hydrogen-bond acceptors (Lipinski definition) is 3. The van der Waals surface area contributed by atoms with E-state index in [1.54, 1.807) is 0 Å². The van der Waals surface area contributed by atoms with Gasteiger partial charge in [0.2, 0.25) is 0 Å². The predicted molar refractivity (Wildman–Crippen MR) is 120 cm³/mol. The van der Waals surface area contributed by atoms with Crippen molar-refractivity contribution >= 4 is 11.7 Å². The molecular weight excluding hydrogens is 374 g/mol. The van der Waals surface area contributed by atoms with Crippen LogP contribution in [0.5, 0.6) is 0 Å². The molecule has 0 saturated heterocycles. The molecule has 6 atom stereocenters. The van der Waals surface area contributed by atoms with Crippen molar-refractivity contribution in [3.05, 3.63) is 34.9 Å². The zero-order chi connectivity index (χ0) is 22.4. The van der Waals surface area contributed by atoms with E-state index < -0.39 is 11.6 Å². The molecular formula is C26H39NO3. The topological polar surface area (TPSA) is 66.4 Å². The van der Waals surface area contributed by atoms with Gasteiger partial charge in [-0.1, -0.05) is 57.4 Å². The fourth-order valence-electron chi connectivity index (χ4n) is 6.53. The maximum atomic E-state index is 13.9. The Balaban J connectivity index is 2.06. The highest BCUT2D eigenvalue weighted by molar-refractivity contribution is 6.22. The minimum absolute atomic E-state index is 0.0153. The van der Waals surface area contributed by atoms with Crippen LogP contribution in [0.1, 0.15) is 74.1 Å². The number of aliphatic hydroxyl groups is 1. The predicted octanol–water partition coefficient (Wildman–Crippen LogP) is 4.95. The van der Waals surface area contributed by atoms with Gasteiger partial charge in [-0.2, -0.15) is 0 Å². The van der Waals surface area contributed by atoms with Crippen LogP contribution in [0.4, 0.5) is 0 Å². The number of amides is 1. The Bertz CT molecular complexity index is 820. The first-order chi connectivity index (χ1) is 13.9. The van der Waals surface area contributed by atoms with Crippen molar-refractivity contribution in [1.82, 2.24) is 5.32 Å². The van der Waals surface area contributed by atoms with Crippen molar-refractivity contribution in [3.63, 3.8) is 0 Å². The van der Waals surface area contributed by atoms with E-state index in [1.807, 2.05) is 20.8 Å². The molecule has 4 nitrogen and oxygen atoms in total. The Morgan fingerprint density at radius 1 is 1.33 bits per heavy atom. The van der Waals surface area contributed by atoms with Crippen molar-refractivity contribution in [2.75, 3.05) is 0 Å². The van der Waals surface area contributed by atoms with Gasteiger partial charge in [0.15, 0.2) is 11.5 Å². The van der Waals surface area contributed by atoms with Crippen molar-refractivity contribution < 1.29 is 14.7 Å². The van der Waals surface area contributed by atoms with E-state index in [1.165, 1.54) is 17.2 Å². The Kier molecular flexibility index (Phi) is 6.21. The largest absolute Gasteiger partial charge is 0.367 e.